The van der Waals surface area contributed by atoms with Crippen molar-refractivity contribution in [3.05, 3.63) is 35.6 Å². The largest absolute Gasteiger partial charge is 0.497 e. The molecule has 1 N–H and O–H groups in total. The van der Waals surface area contributed by atoms with Crippen molar-refractivity contribution >= 4 is 22.6 Å². The number of aromatic amines is 1. The second kappa shape index (κ2) is 5.02. The van der Waals surface area contributed by atoms with Gasteiger partial charge >= 0.3 is 0 Å². The fourth-order valence-electron chi connectivity index (χ4n) is 2.01. The molecule has 0 aliphatic heterocycles. The molecule has 0 radical (unpaired) electrons. The number of rotatable bonds is 3. The standard InChI is InChI=1S/C14H12ClN3O2/c1-19-8-3-4-9(12(5-8)20-2)14-17-10-6-13(15)16-7-11(10)18-14/h3-7H,1-2H3,(H,17,18). The second-order valence-corrected chi connectivity index (χ2v) is 4.56. The van der Waals surface area contributed by atoms with E-state index < -0.39 is 0 Å². The third kappa shape index (κ3) is 2.16. The molecule has 5 nitrogen and oxygen atoms in total. The average Bonchev–Trinajstić information content (AvgIpc) is 2.89. The van der Waals surface area contributed by atoms with Crippen LogP contribution in [0.4, 0.5) is 0 Å². The van der Waals surface area contributed by atoms with E-state index in [0.717, 1.165) is 22.3 Å². The van der Waals surface area contributed by atoms with Gasteiger partial charge < -0.3 is 14.5 Å². The number of H-pyrrole nitrogens is 1. The summed E-state index contributed by atoms with van der Waals surface area (Å²) in [5, 5.41) is 0.425. The molecule has 0 fully saturated rings. The molecule has 3 rings (SSSR count). The zero-order valence-electron chi connectivity index (χ0n) is 11.0. The molecule has 102 valence electrons. The number of pyridine rings is 1. The number of aromatic nitrogens is 3. The van der Waals surface area contributed by atoms with Gasteiger partial charge in [0.1, 0.15) is 28.0 Å². The van der Waals surface area contributed by atoms with Crippen LogP contribution in [0.15, 0.2) is 30.5 Å². The van der Waals surface area contributed by atoms with Crippen molar-refractivity contribution < 1.29 is 9.47 Å². The number of ether oxygens (including phenoxy) is 2. The Labute approximate surface area is 120 Å². The molecule has 2 aromatic heterocycles. The van der Waals surface area contributed by atoms with Gasteiger partial charge in [0.15, 0.2) is 0 Å². The second-order valence-electron chi connectivity index (χ2n) is 4.18. The smallest absolute Gasteiger partial charge is 0.142 e. The number of nitrogens with zero attached hydrogens (tertiary/aromatic N) is 2. The van der Waals surface area contributed by atoms with E-state index in [1.807, 2.05) is 18.2 Å². The third-order valence-corrected chi connectivity index (χ3v) is 3.21. The highest BCUT2D eigenvalue weighted by Crippen LogP contribution is 2.32. The van der Waals surface area contributed by atoms with E-state index in [0.29, 0.717) is 16.7 Å². The van der Waals surface area contributed by atoms with Crippen molar-refractivity contribution in [1.29, 1.82) is 0 Å². The number of hydrogen-bond acceptors (Lipinski definition) is 4. The van der Waals surface area contributed by atoms with E-state index in [1.165, 1.54) is 0 Å². The van der Waals surface area contributed by atoms with Crippen LogP contribution in [-0.4, -0.2) is 29.2 Å². The Hall–Kier alpha value is -2.27. The number of imidazole rings is 1. The molecule has 0 spiro atoms. The molecule has 2 heterocycles. The normalized spacial score (nSPS) is 10.8. The summed E-state index contributed by atoms with van der Waals surface area (Å²) in [6, 6.07) is 7.30. The molecule has 0 unspecified atom stereocenters. The van der Waals surface area contributed by atoms with Crippen LogP contribution in [0.1, 0.15) is 0 Å². The van der Waals surface area contributed by atoms with Crippen LogP contribution in [0.5, 0.6) is 11.5 Å². The molecule has 3 aromatic rings. The van der Waals surface area contributed by atoms with Crippen LogP contribution in [0, 0.1) is 0 Å². The number of hydrogen-bond donors (Lipinski definition) is 1. The Kier molecular flexibility index (Phi) is 3.20. The highest BCUT2D eigenvalue weighted by atomic mass is 35.5. The Morgan fingerprint density at radius 2 is 2.00 bits per heavy atom. The first kappa shape index (κ1) is 12.7. The van der Waals surface area contributed by atoms with Crippen LogP contribution in [0.2, 0.25) is 5.15 Å². The molecule has 0 aliphatic carbocycles. The predicted molar refractivity (Wildman–Crippen MR) is 77.4 cm³/mol. The molecule has 20 heavy (non-hydrogen) atoms. The van der Waals surface area contributed by atoms with Crippen LogP contribution < -0.4 is 9.47 Å². The van der Waals surface area contributed by atoms with E-state index >= 15 is 0 Å². The zero-order chi connectivity index (χ0) is 14.1. The van der Waals surface area contributed by atoms with E-state index in [9.17, 15) is 0 Å². The molecule has 6 heteroatoms. The van der Waals surface area contributed by atoms with Crippen molar-refractivity contribution in [2.45, 2.75) is 0 Å². The summed E-state index contributed by atoms with van der Waals surface area (Å²) in [5.41, 5.74) is 2.43. The zero-order valence-corrected chi connectivity index (χ0v) is 11.7. The summed E-state index contributed by atoms with van der Waals surface area (Å²) in [7, 11) is 3.22. The Morgan fingerprint density at radius 3 is 2.75 bits per heavy atom. The van der Waals surface area contributed by atoms with Crippen LogP contribution >= 0.6 is 11.6 Å². The Bertz CT molecular complexity index is 770. The number of fused-ring (bicyclic) bond motifs is 1. The molecular weight excluding hydrogens is 278 g/mol. The maximum Gasteiger partial charge on any atom is 0.142 e. The molecular formula is C14H12ClN3O2. The van der Waals surface area contributed by atoms with Crippen LogP contribution in [0.25, 0.3) is 22.4 Å². The first-order chi connectivity index (χ1) is 9.71. The minimum Gasteiger partial charge on any atom is -0.497 e. The van der Waals surface area contributed by atoms with Gasteiger partial charge in [-0.3, -0.25) is 0 Å². The lowest BCUT2D eigenvalue weighted by Crippen LogP contribution is -1.91. The van der Waals surface area contributed by atoms with E-state index in [-0.39, 0.29) is 0 Å². The first-order valence-corrected chi connectivity index (χ1v) is 6.32. The molecule has 0 saturated carbocycles. The monoisotopic (exact) mass is 289 g/mol. The molecule has 0 saturated heterocycles. The maximum atomic E-state index is 5.87. The van der Waals surface area contributed by atoms with E-state index in [4.69, 9.17) is 21.1 Å². The van der Waals surface area contributed by atoms with Gasteiger partial charge in [0.05, 0.1) is 31.5 Å². The topological polar surface area (TPSA) is 60.0 Å². The minimum absolute atomic E-state index is 0.425. The number of nitrogens with one attached hydrogen (secondary N) is 1. The van der Waals surface area contributed by atoms with Gasteiger partial charge in [-0.15, -0.1) is 0 Å². The van der Waals surface area contributed by atoms with Gasteiger partial charge in [0.2, 0.25) is 0 Å². The van der Waals surface area contributed by atoms with E-state index in [1.54, 1.807) is 26.5 Å². The molecule has 0 aliphatic rings. The van der Waals surface area contributed by atoms with E-state index in [2.05, 4.69) is 15.0 Å². The molecule has 0 bridgehead atoms. The summed E-state index contributed by atoms with van der Waals surface area (Å²) >= 11 is 5.87. The molecule has 1 aromatic carbocycles. The van der Waals surface area contributed by atoms with Crippen molar-refractivity contribution in [2.24, 2.45) is 0 Å². The van der Waals surface area contributed by atoms with Crippen LogP contribution in [-0.2, 0) is 0 Å². The lowest BCUT2D eigenvalue weighted by atomic mass is 10.2. The van der Waals surface area contributed by atoms with Crippen molar-refractivity contribution in [3.63, 3.8) is 0 Å². The maximum absolute atomic E-state index is 5.87. The highest BCUT2D eigenvalue weighted by molar-refractivity contribution is 6.29. The summed E-state index contributed by atoms with van der Waals surface area (Å²) in [5.74, 6) is 2.11. The Balaban J connectivity index is 2.14. The van der Waals surface area contributed by atoms with Crippen LogP contribution in [0.3, 0.4) is 0 Å². The van der Waals surface area contributed by atoms with Gasteiger partial charge in [-0.1, -0.05) is 11.6 Å². The average molecular weight is 290 g/mol. The summed E-state index contributed by atoms with van der Waals surface area (Å²) in [6.45, 7) is 0. The molecule has 0 amide bonds. The van der Waals surface area contributed by atoms with Gasteiger partial charge in [-0.25, -0.2) is 9.97 Å². The SMILES string of the molecule is COc1ccc(-c2nc3cnc(Cl)cc3[nH]2)c(OC)c1. The summed E-state index contributed by atoms with van der Waals surface area (Å²) < 4.78 is 10.6. The summed E-state index contributed by atoms with van der Waals surface area (Å²) in [6.07, 6.45) is 1.63. The lowest BCUT2D eigenvalue weighted by Gasteiger charge is -2.08. The van der Waals surface area contributed by atoms with Gasteiger partial charge in [0.25, 0.3) is 0 Å². The summed E-state index contributed by atoms with van der Waals surface area (Å²) in [4.78, 5) is 11.7. The van der Waals surface area contributed by atoms with Gasteiger partial charge in [-0.05, 0) is 12.1 Å². The minimum atomic E-state index is 0.425. The number of halogens is 1. The van der Waals surface area contributed by atoms with Gasteiger partial charge in [0, 0.05) is 12.1 Å². The number of benzene rings is 1. The fourth-order valence-corrected chi connectivity index (χ4v) is 2.17. The first-order valence-electron chi connectivity index (χ1n) is 5.95. The predicted octanol–water partition coefficient (Wildman–Crippen LogP) is 3.30. The fraction of sp³-hybridized carbons (Fsp3) is 0.143. The number of methoxy groups -OCH3 is 2. The van der Waals surface area contributed by atoms with Crippen molar-refractivity contribution in [1.82, 2.24) is 15.0 Å². The third-order valence-electron chi connectivity index (χ3n) is 3.00. The molecule has 0 atom stereocenters. The Morgan fingerprint density at radius 1 is 1.15 bits per heavy atom. The highest BCUT2D eigenvalue weighted by Gasteiger charge is 2.12. The lowest BCUT2D eigenvalue weighted by molar-refractivity contribution is 0.395. The quantitative estimate of drug-likeness (QED) is 0.752. The van der Waals surface area contributed by atoms with Gasteiger partial charge in [-0.2, -0.15) is 0 Å². The van der Waals surface area contributed by atoms with Crippen molar-refractivity contribution in [2.75, 3.05) is 14.2 Å². The van der Waals surface area contributed by atoms with Crippen molar-refractivity contribution in [3.8, 4) is 22.9 Å².